The van der Waals surface area contributed by atoms with Crippen LogP contribution >= 0.6 is 0 Å². The van der Waals surface area contributed by atoms with Crippen molar-refractivity contribution in [1.29, 1.82) is 0 Å². The smallest absolute Gasteiger partial charge is 0.267 e. The summed E-state index contributed by atoms with van der Waals surface area (Å²) in [5.41, 5.74) is 1.26. The van der Waals surface area contributed by atoms with E-state index in [1.54, 1.807) is 13.0 Å². The molecule has 1 fully saturated rings. The number of nitrogens with one attached hydrogen (secondary N) is 1. The average Bonchev–Trinajstić information content (AvgIpc) is 2.81. The number of carbonyl (C=O) groups excluding carboxylic acids is 1. The Kier molecular flexibility index (Phi) is 9.98. The quantitative estimate of drug-likeness (QED) is 0.612. The van der Waals surface area contributed by atoms with Gasteiger partial charge >= 0.3 is 0 Å². The van der Waals surface area contributed by atoms with Gasteiger partial charge < -0.3 is 10.1 Å². The van der Waals surface area contributed by atoms with Crippen LogP contribution in [0.5, 0.6) is 5.75 Å². The van der Waals surface area contributed by atoms with Gasteiger partial charge in [-0.2, -0.15) is 5.10 Å². The van der Waals surface area contributed by atoms with Crippen LogP contribution < -0.4 is 15.6 Å². The largest absolute Gasteiger partial charge is 0.494 e. The molecule has 1 saturated carbocycles. The predicted octanol–water partition coefficient (Wildman–Crippen LogP) is 5.66. The summed E-state index contributed by atoms with van der Waals surface area (Å²) in [7, 11) is 0. The van der Waals surface area contributed by atoms with Crippen molar-refractivity contribution < 1.29 is 9.53 Å². The first-order valence-corrected chi connectivity index (χ1v) is 12.7. The van der Waals surface area contributed by atoms with E-state index in [-0.39, 0.29) is 17.5 Å². The van der Waals surface area contributed by atoms with Crippen LogP contribution in [0.3, 0.4) is 0 Å². The molecule has 33 heavy (non-hydrogen) atoms. The fourth-order valence-electron chi connectivity index (χ4n) is 4.49. The molecule has 1 heterocycles. The summed E-state index contributed by atoms with van der Waals surface area (Å²) in [5, 5.41) is 7.74. The lowest BCUT2D eigenvalue weighted by Gasteiger charge is -2.22. The van der Waals surface area contributed by atoms with E-state index in [1.165, 1.54) is 55.7 Å². The second-order valence-corrected chi connectivity index (χ2v) is 9.10. The van der Waals surface area contributed by atoms with E-state index in [4.69, 9.17) is 4.74 Å². The number of amides is 1. The summed E-state index contributed by atoms with van der Waals surface area (Å²) in [6.07, 6.45) is 13.3. The van der Waals surface area contributed by atoms with Crippen molar-refractivity contribution in [2.75, 3.05) is 6.61 Å². The fourth-order valence-corrected chi connectivity index (χ4v) is 4.49. The zero-order valence-electron chi connectivity index (χ0n) is 20.2. The van der Waals surface area contributed by atoms with Crippen LogP contribution in [0.4, 0.5) is 0 Å². The van der Waals surface area contributed by atoms with Crippen molar-refractivity contribution in [3.05, 3.63) is 46.8 Å². The van der Waals surface area contributed by atoms with Gasteiger partial charge in [0.1, 0.15) is 11.8 Å². The third-order valence-corrected chi connectivity index (χ3v) is 6.48. The van der Waals surface area contributed by atoms with Crippen molar-refractivity contribution in [1.82, 2.24) is 15.1 Å². The summed E-state index contributed by atoms with van der Waals surface area (Å²) in [6.45, 7) is 4.30. The Bertz CT molecular complexity index is 911. The van der Waals surface area contributed by atoms with Crippen molar-refractivity contribution in [2.45, 2.75) is 96.6 Å². The topological polar surface area (TPSA) is 73.2 Å². The first kappa shape index (κ1) is 25.0. The molecule has 1 aromatic heterocycles. The highest BCUT2D eigenvalue weighted by molar-refractivity contribution is 5.80. The molecule has 0 aliphatic heterocycles. The van der Waals surface area contributed by atoms with Gasteiger partial charge in [0.2, 0.25) is 5.91 Å². The molecule has 0 radical (unpaired) electrons. The lowest BCUT2D eigenvalue weighted by atomic mass is 9.98. The van der Waals surface area contributed by atoms with Crippen molar-refractivity contribution in [3.8, 4) is 17.0 Å². The van der Waals surface area contributed by atoms with Crippen molar-refractivity contribution in [3.63, 3.8) is 0 Å². The molecule has 1 N–H and O–H groups in total. The van der Waals surface area contributed by atoms with Gasteiger partial charge in [-0.05, 0) is 57.0 Å². The number of benzene rings is 1. The number of ether oxygens (including phenoxy) is 1. The SMILES string of the molecule is CCOc1ccc(-c2ccc(=O)n(C(C)C(=O)NC3CCCCCCCCCCC3)n2)cc1. The number of carbonyl (C=O) groups is 1. The van der Waals surface area contributed by atoms with Gasteiger partial charge in [0.15, 0.2) is 0 Å². The first-order chi connectivity index (χ1) is 16.1. The zero-order chi connectivity index (χ0) is 23.5. The fraction of sp³-hybridized carbons (Fsp3) is 0.593. The van der Waals surface area contributed by atoms with Crippen LogP contribution in [0.15, 0.2) is 41.2 Å². The maximum absolute atomic E-state index is 13.1. The second kappa shape index (κ2) is 13.2. The Hall–Kier alpha value is -2.63. The van der Waals surface area contributed by atoms with Gasteiger partial charge in [-0.15, -0.1) is 0 Å². The summed E-state index contributed by atoms with van der Waals surface area (Å²) >= 11 is 0. The summed E-state index contributed by atoms with van der Waals surface area (Å²) < 4.78 is 6.80. The summed E-state index contributed by atoms with van der Waals surface area (Å²) in [5.74, 6) is 0.657. The molecule has 6 nitrogen and oxygen atoms in total. The average molecular weight is 454 g/mol. The molecule has 1 aliphatic carbocycles. The number of hydrogen-bond donors (Lipinski definition) is 1. The maximum Gasteiger partial charge on any atom is 0.267 e. The van der Waals surface area contributed by atoms with Crippen LogP contribution in [-0.4, -0.2) is 28.3 Å². The number of nitrogens with zero attached hydrogens (tertiary/aromatic N) is 2. The highest BCUT2D eigenvalue weighted by Crippen LogP contribution is 2.21. The molecule has 0 spiro atoms. The molecule has 1 atom stereocenters. The molecular formula is C27H39N3O3. The number of rotatable bonds is 6. The lowest BCUT2D eigenvalue weighted by Crippen LogP contribution is -2.42. The standard InChI is InChI=1S/C27H39N3O3/c1-3-33-24-17-15-22(16-18-24)25-19-20-26(31)30(29-25)21(2)27(32)28-23-13-11-9-7-5-4-6-8-10-12-14-23/h15-21,23H,3-14H2,1-2H3,(H,28,32). The van der Waals surface area contributed by atoms with E-state index in [0.717, 1.165) is 37.0 Å². The van der Waals surface area contributed by atoms with Crippen molar-refractivity contribution >= 4 is 5.91 Å². The van der Waals surface area contributed by atoms with Crippen LogP contribution in [0.2, 0.25) is 0 Å². The van der Waals surface area contributed by atoms with Crippen LogP contribution in [0.1, 0.15) is 90.5 Å². The molecule has 180 valence electrons. The molecular weight excluding hydrogens is 414 g/mol. The monoisotopic (exact) mass is 453 g/mol. The molecule has 1 aromatic carbocycles. The predicted molar refractivity (Wildman–Crippen MR) is 133 cm³/mol. The Morgan fingerprint density at radius 1 is 0.970 bits per heavy atom. The summed E-state index contributed by atoms with van der Waals surface area (Å²) in [4.78, 5) is 25.6. The lowest BCUT2D eigenvalue weighted by molar-refractivity contribution is -0.125. The molecule has 2 aromatic rings. The minimum Gasteiger partial charge on any atom is -0.494 e. The molecule has 1 aliphatic rings. The molecule has 6 heteroatoms. The molecule has 0 bridgehead atoms. The van der Waals surface area contributed by atoms with E-state index in [2.05, 4.69) is 10.4 Å². The van der Waals surface area contributed by atoms with Gasteiger partial charge in [0.05, 0.1) is 12.3 Å². The maximum atomic E-state index is 13.1. The van der Waals surface area contributed by atoms with Crippen molar-refractivity contribution in [2.24, 2.45) is 0 Å². The molecule has 0 saturated heterocycles. The Morgan fingerprint density at radius 3 is 2.12 bits per heavy atom. The molecule has 3 rings (SSSR count). The van der Waals surface area contributed by atoms with Crippen LogP contribution in [0, 0.1) is 0 Å². The second-order valence-electron chi connectivity index (χ2n) is 9.10. The number of hydrogen-bond acceptors (Lipinski definition) is 4. The van der Waals surface area contributed by atoms with Gasteiger partial charge in [-0.1, -0.05) is 57.8 Å². The molecule has 1 unspecified atom stereocenters. The Morgan fingerprint density at radius 2 is 1.55 bits per heavy atom. The minimum atomic E-state index is -0.665. The third-order valence-electron chi connectivity index (χ3n) is 6.48. The highest BCUT2D eigenvalue weighted by atomic mass is 16.5. The Labute approximate surface area is 197 Å². The normalized spacial score (nSPS) is 17.4. The highest BCUT2D eigenvalue weighted by Gasteiger charge is 2.21. The Balaban J connectivity index is 1.68. The minimum absolute atomic E-state index is 0.134. The van der Waals surface area contributed by atoms with E-state index in [1.807, 2.05) is 31.2 Å². The van der Waals surface area contributed by atoms with Gasteiger partial charge in [0.25, 0.3) is 5.56 Å². The van der Waals surface area contributed by atoms with Crippen LogP contribution in [0.25, 0.3) is 11.3 Å². The first-order valence-electron chi connectivity index (χ1n) is 12.7. The van der Waals surface area contributed by atoms with E-state index < -0.39 is 6.04 Å². The van der Waals surface area contributed by atoms with Gasteiger partial charge in [-0.25, -0.2) is 4.68 Å². The molecule has 1 amide bonds. The van der Waals surface area contributed by atoms with E-state index in [9.17, 15) is 9.59 Å². The van der Waals surface area contributed by atoms with E-state index >= 15 is 0 Å². The third kappa shape index (κ3) is 7.72. The van der Waals surface area contributed by atoms with E-state index in [0.29, 0.717) is 12.3 Å². The zero-order valence-corrected chi connectivity index (χ0v) is 20.2. The summed E-state index contributed by atoms with van der Waals surface area (Å²) in [6, 6.07) is 10.3. The van der Waals surface area contributed by atoms with Gasteiger partial charge in [0, 0.05) is 17.7 Å². The van der Waals surface area contributed by atoms with Crippen LogP contribution in [-0.2, 0) is 4.79 Å². The van der Waals surface area contributed by atoms with Gasteiger partial charge in [-0.3, -0.25) is 9.59 Å². The number of aromatic nitrogens is 2.